The van der Waals surface area contributed by atoms with Gasteiger partial charge in [-0.1, -0.05) is 0 Å². The molecule has 0 heterocycles. The summed E-state index contributed by atoms with van der Waals surface area (Å²) in [5.74, 6) is 0.433. The number of aromatic hydroxyl groups is 1. The SMILES string of the molecule is CCOc1c(C=O)ccc(O)c1OC. The molecule has 14 heavy (non-hydrogen) atoms. The lowest BCUT2D eigenvalue weighted by atomic mass is 10.2. The van der Waals surface area contributed by atoms with Crippen LogP contribution in [0.3, 0.4) is 0 Å². The fourth-order valence-corrected chi connectivity index (χ4v) is 1.15. The average molecular weight is 196 g/mol. The lowest BCUT2D eigenvalue weighted by Gasteiger charge is -2.12. The van der Waals surface area contributed by atoms with Crippen molar-refractivity contribution in [3.63, 3.8) is 0 Å². The second-order valence-corrected chi connectivity index (χ2v) is 2.59. The molecule has 1 aromatic carbocycles. The smallest absolute Gasteiger partial charge is 0.203 e. The molecule has 0 atom stereocenters. The summed E-state index contributed by atoms with van der Waals surface area (Å²) in [6.07, 6.45) is 0.660. The van der Waals surface area contributed by atoms with E-state index >= 15 is 0 Å². The Bertz CT molecular complexity index is 333. The fraction of sp³-hybridized carbons (Fsp3) is 0.300. The Balaban J connectivity index is 3.27. The first-order valence-corrected chi connectivity index (χ1v) is 4.22. The summed E-state index contributed by atoms with van der Waals surface area (Å²) in [6, 6.07) is 2.88. The molecule has 0 bridgehead atoms. The molecule has 76 valence electrons. The Morgan fingerprint density at radius 2 is 2.14 bits per heavy atom. The Kier molecular flexibility index (Phi) is 3.34. The van der Waals surface area contributed by atoms with Crippen LogP contribution in [0.5, 0.6) is 17.2 Å². The number of aldehydes is 1. The topological polar surface area (TPSA) is 55.8 Å². The van der Waals surface area contributed by atoms with Crippen LogP contribution in [0.15, 0.2) is 12.1 Å². The van der Waals surface area contributed by atoms with Crippen LogP contribution in [0.25, 0.3) is 0 Å². The van der Waals surface area contributed by atoms with E-state index in [4.69, 9.17) is 9.47 Å². The Morgan fingerprint density at radius 1 is 1.43 bits per heavy atom. The zero-order chi connectivity index (χ0) is 10.6. The minimum atomic E-state index is -0.0402. The van der Waals surface area contributed by atoms with E-state index in [2.05, 4.69) is 0 Å². The molecule has 1 N–H and O–H groups in total. The van der Waals surface area contributed by atoms with Crippen molar-refractivity contribution < 1.29 is 19.4 Å². The minimum Gasteiger partial charge on any atom is -0.504 e. The average Bonchev–Trinajstić information content (AvgIpc) is 2.19. The third-order valence-electron chi connectivity index (χ3n) is 1.74. The third kappa shape index (κ3) is 1.79. The Hall–Kier alpha value is -1.71. The van der Waals surface area contributed by atoms with Crippen molar-refractivity contribution in [1.82, 2.24) is 0 Å². The van der Waals surface area contributed by atoms with E-state index in [0.717, 1.165) is 0 Å². The van der Waals surface area contributed by atoms with E-state index in [1.54, 1.807) is 6.92 Å². The summed E-state index contributed by atoms with van der Waals surface area (Å²) < 4.78 is 10.2. The van der Waals surface area contributed by atoms with Gasteiger partial charge in [0, 0.05) is 0 Å². The van der Waals surface area contributed by atoms with Gasteiger partial charge in [-0.3, -0.25) is 4.79 Å². The summed E-state index contributed by atoms with van der Waals surface area (Å²) >= 11 is 0. The molecule has 0 spiro atoms. The second kappa shape index (κ2) is 4.50. The van der Waals surface area contributed by atoms with E-state index in [1.807, 2.05) is 0 Å². The lowest BCUT2D eigenvalue weighted by Crippen LogP contribution is -1.99. The third-order valence-corrected chi connectivity index (χ3v) is 1.74. The first-order chi connectivity index (χ1) is 6.74. The number of carbonyl (C=O) groups excluding carboxylic acids is 1. The highest BCUT2D eigenvalue weighted by molar-refractivity contribution is 5.82. The molecule has 0 radical (unpaired) electrons. The summed E-state index contributed by atoms with van der Waals surface area (Å²) in [5.41, 5.74) is 0.363. The van der Waals surface area contributed by atoms with Crippen molar-refractivity contribution >= 4 is 6.29 Å². The van der Waals surface area contributed by atoms with Crippen LogP contribution in [-0.2, 0) is 0 Å². The van der Waals surface area contributed by atoms with Gasteiger partial charge in [-0.15, -0.1) is 0 Å². The van der Waals surface area contributed by atoms with Crippen molar-refractivity contribution in [2.24, 2.45) is 0 Å². The van der Waals surface area contributed by atoms with Crippen LogP contribution in [0.2, 0.25) is 0 Å². The van der Waals surface area contributed by atoms with Crippen LogP contribution in [-0.4, -0.2) is 25.1 Å². The zero-order valence-electron chi connectivity index (χ0n) is 8.11. The van der Waals surface area contributed by atoms with Crippen molar-refractivity contribution in [3.05, 3.63) is 17.7 Å². The van der Waals surface area contributed by atoms with E-state index in [0.29, 0.717) is 18.5 Å². The first kappa shape index (κ1) is 10.4. The Labute approximate surface area is 82.1 Å². The van der Waals surface area contributed by atoms with Crippen LogP contribution >= 0.6 is 0 Å². The molecule has 1 aromatic rings. The number of benzene rings is 1. The molecular formula is C10H12O4. The second-order valence-electron chi connectivity index (χ2n) is 2.59. The number of phenolic OH excluding ortho intramolecular Hbond substituents is 1. The maximum absolute atomic E-state index is 10.7. The lowest BCUT2D eigenvalue weighted by molar-refractivity contribution is 0.111. The summed E-state index contributed by atoms with van der Waals surface area (Å²) in [5, 5.41) is 9.42. The highest BCUT2D eigenvalue weighted by atomic mass is 16.5. The van der Waals surface area contributed by atoms with Crippen LogP contribution in [0, 0.1) is 0 Å². The van der Waals surface area contributed by atoms with Gasteiger partial charge in [0.15, 0.2) is 17.8 Å². The summed E-state index contributed by atoms with van der Waals surface area (Å²) in [7, 11) is 1.41. The molecule has 0 aromatic heterocycles. The highest BCUT2D eigenvalue weighted by Gasteiger charge is 2.14. The highest BCUT2D eigenvalue weighted by Crippen LogP contribution is 2.38. The van der Waals surface area contributed by atoms with Crippen LogP contribution in [0.1, 0.15) is 17.3 Å². The number of hydrogen-bond donors (Lipinski definition) is 1. The van der Waals surface area contributed by atoms with Gasteiger partial charge in [-0.2, -0.15) is 0 Å². The van der Waals surface area contributed by atoms with Gasteiger partial charge >= 0.3 is 0 Å². The molecule has 0 unspecified atom stereocenters. The maximum Gasteiger partial charge on any atom is 0.203 e. The fourth-order valence-electron chi connectivity index (χ4n) is 1.15. The molecule has 0 aliphatic carbocycles. The predicted molar refractivity (Wildman–Crippen MR) is 51.2 cm³/mol. The van der Waals surface area contributed by atoms with Gasteiger partial charge in [-0.05, 0) is 19.1 Å². The molecule has 0 saturated heterocycles. The molecule has 4 nitrogen and oxygen atoms in total. The molecule has 0 fully saturated rings. The normalized spacial score (nSPS) is 9.57. The number of ether oxygens (including phenoxy) is 2. The quantitative estimate of drug-likeness (QED) is 0.743. The molecule has 0 amide bonds. The van der Waals surface area contributed by atoms with Gasteiger partial charge in [0.25, 0.3) is 0 Å². The molecule has 0 saturated carbocycles. The monoisotopic (exact) mass is 196 g/mol. The number of methoxy groups -OCH3 is 1. The molecule has 0 aliphatic heterocycles. The number of rotatable bonds is 4. The van der Waals surface area contributed by atoms with Crippen LogP contribution in [0.4, 0.5) is 0 Å². The van der Waals surface area contributed by atoms with Gasteiger partial charge < -0.3 is 14.6 Å². The van der Waals surface area contributed by atoms with Crippen molar-refractivity contribution in [2.45, 2.75) is 6.92 Å². The summed E-state index contributed by atoms with van der Waals surface area (Å²) in [4.78, 5) is 10.7. The largest absolute Gasteiger partial charge is 0.504 e. The minimum absolute atomic E-state index is 0.0402. The molecule has 4 heteroatoms. The Morgan fingerprint density at radius 3 is 2.64 bits per heavy atom. The zero-order valence-corrected chi connectivity index (χ0v) is 8.11. The van der Waals surface area contributed by atoms with Gasteiger partial charge in [0.1, 0.15) is 0 Å². The van der Waals surface area contributed by atoms with E-state index < -0.39 is 0 Å². The van der Waals surface area contributed by atoms with Gasteiger partial charge in [0.05, 0.1) is 19.3 Å². The van der Waals surface area contributed by atoms with Gasteiger partial charge in [0.2, 0.25) is 5.75 Å². The number of carbonyl (C=O) groups is 1. The van der Waals surface area contributed by atoms with Crippen molar-refractivity contribution in [1.29, 1.82) is 0 Å². The number of phenols is 1. The van der Waals surface area contributed by atoms with E-state index in [9.17, 15) is 9.90 Å². The predicted octanol–water partition coefficient (Wildman–Crippen LogP) is 1.61. The van der Waals surface area contributed by atoms with E-state index in [-0.39, 0.29) is 17.2 Å². The summed E-state index contributed by atoms with van der Waals surface area (Å²) in [6.45, 7) is 2.19. The standard InChI is InChI=1S/C10H12O4/c1-3-14-9-7(6-11)4-5-8(12)10(9)13-2/h4-6,12H,3H2,1-2H3. The maximum atomic E-state index is 10.7. The molecular weight excluding hydrogens is 184 g/mol. The van der Waals surface area contributed by atoms with Crippen molar-refractivity contribution in [2.75, 3.05) is 13.7 Å². The van der Waals surface area contributed by atoms with Gasteiger partial charge in [-0.25, -0.2) is 0 Å². The van der Waals surface area contributed by atoms with Crippen molar-refractivity contribution in [3.8, 4) is 17.2 Å². The van der Waals surface area contributed by atoms with E-state index in [1.165, 1.54) is 19.2 Å². The number of hydrogen-bond acceptors (Lipinski definition) is 4. The molecule has 0 aliphatic rings. The first-order valence-electron chi connectivity index (χ1n) is 4.22. The molecule has 1 rings (SSSR count). The van der Waals surface area contributed by atoms with Crippen LogP contribution < -0.4 is 9.47 Å².